The fourth-order valence-electron chi connectivity index (χ4n) is 2.62. The van der Waals surface area contributed by atoms with Gasteiger partial charge in [0.1, 0.15) is 11.9 Å². The van der Waals surface area contributed by atoms with Crippen LogP contribution >= 0.6 is 0 Å². The van der Waals surface area contributed by atoms with E-state index in [4.69, 9.17) is 0 Å². The van der Waals surface area contributed by atoms with Crippen molar-refractivity contribution >= 4 is 11.7 Å². The van der Waals surface area contributed by atoms with Crippen molar-refractivity contribution in [3.05, 3.63) is 42.4 Å². The molecule has 1 fully saturated rings. The van der Waals surface area contributed by atoms with Gasteiger partial charge in [0.2, 0.25) is 5.91 Å². The van der Waals surface area contributed by atoms with E-state index < -0.39 is 0 Å². The Labute approximate surface area is 130 Å². The van der Waals surface area contributed by atoms with Crippen LogP contribution in [0.5, 0.6) is 0 Å². The molecule has 0 radical (unpaired) electrons. The molecule has 0 aliphatic carbocycles. The quantitative estimate of drug-likeness (QED) is 0.913. The van der Waals surface area contributed by atoms with Crippen LogP contribution in [0.1, 0.15) is 31.4 Å². The Kier molecular flexibility index (Phi) is 4.37. The van der Waals surface area contributed by atoms with E-state index in [-0.39, 0.29) is 11.9 Å². The number of carbonyl (C=O) groups excluding carboxylic acids is 1. The van der Waals surface area contributed by atoms with E-state index in [2.05, 4.69) is 20.3 Å². The summed E-state index contributed by atoms with van der Waals surface area (Å²) in [5.41, 5.74) is 1.00. The highest BCUT2D eigenvalue weighted by Crippen LogP contribution is 2.17. The highest BCUT2D eigenvalue weighted by atomic mass is 16.2. The summed E-state index contributed by atoms with van der Waals surface area (Å²) in [6.45, 7) is 4.49. The van der Waals surface area contributed by atoms with Crippen molar-refractivity contribution in [2.24, 2.45) is 0 Å². The van der Waals surface area contributed by atoms with Crippen LogP contribution in [0.2, 0.25) is 0 Å². The smallest absolute Gasteiger partial charge is 0.244 e. The number of rotatable bonds is 5. The van der Waals surface area contributed by atoms with Crippen molar-refractivity contribution in [1.29, 1.82) is 0 Å². The van der Waals surface area contributed by atoms with Gasteiger partial charge >= 0.3 is 0 Å². The largest absolute Gasteiger partial charge is 0.357 e. The molecule has 2 aromatic heterocycles. The van der Waals surface area contributed by atoms with Gasteiger partial charge in [-0.2, -0.15) is 5.10 Å². The Hall–Kier alpha value is -2.37. The van der Waals surface area contributed by atoms with Crippen molar-refractivity contribution in [3.8, 4) is 0 Å². The first-order valence-electron chi connectivity index (χ1n) is 7.71. The summed E-state index contributed by atoms with van der Waals surface area (Å²) >= 11 is 0. The molecule has 1 aliphatic heterocycles. The molecule has 6 nitrogen and oxygen atoms in total. The lowest BCUT2D eigenvalue weighted by Crippen LogP contribution is -2.30. The zero-order valence-electron chi connectivity index (χ0n) is 12.8. The van der Waals surface area contributed by atoms with Crippen molar-refractivity contribution in [2.75, 3.05) is 18.0 Å². The maximum absolute atomic E-state index is 12.1. The Morgan fingerprint density at radius 3 is 2.82 bits per heavy atom. The van der Waals surface area contributed by atoms with Gasteiger partial charge in [0, 0.05) is 38.2 Å². The van der Waals surface area contributed by atoms with Crippen LogP contribution in [0, 0.1) is 0 Å². The zero-order chi connectivity index (χ0) is 15.4. The minimum Gasteiger partial charge on any atom is -0.357 e. The first kappa shape index (κ1) is 14.6. The Morgan fingerprint density at radius 1 is 1.36 bits per heavy atom. The van der Waals surface area contributed by atoms with E-state index in [0.717, 1.165) is 24.5 Å². The lowest BCUT2D eigenvalue weighted by atomic mass is 10.2. The minimum absolute atomic E-state index is 0.0488. The average molecular weight is 299 g/mol. The van der Waals surface area contributed by atoms with Gasteiger partial charge in [-0.1, -0.05) is 6.07 Å². The third kappa shape index (κ3) is 3.27. The van der Waals surface area contributed by atoms with E-state index in [1.807, 2.05) is 31.3 Å². The van der Waals surface area contributed by atoms with Crippen molar-refractivity contribution < 1.29 is 4.79 Å². The number of hydrogen-bond donors (Lipinski definition) is 1. The first-order chi connectivity index (χ1) is 10.7. The number of anilines is 1. The number of aromatic nitrogens is 3. The highest BCUT2D eigenvalue weighted by Gasteiger charge is 2.15. The fourth-order valence-corrected chi connectivity index (χ4v) is 2.62. The monoisotopic (exact) mass is 299 g/mol. The van der Waals surface area contributed by atoms with E-state index in [1.165, 1.54) is 12.8 Å². The van der Waals surface area contributed by atoms with Gasteiger partial charge in [0.05, 0.1) is 0 Å². The van der Waals surface area contributed by atoms with Gasteiger partial charge in [-0.3, -0.25) is 9.48 Å². The third-order valence-corrected chi connectivity index (χ3v) is 4.01. The first-order valence-corrected chi connectivity index (χ1v) is 7.71. The summed E-state index contributed by atoms with van der Waals surface area (Å²) < 4.78 is 1.64. The molecular weight excluding hydrogens is 278 g/mol. The molecule has 1 amide bonds. The van der Waals surface area contributed by atoms with E-state index in [0.29, 0.717) is 6.54 Å². The average Bonchev–Trinajstić information content (AvgIpc) is 3.25. The minimum atomic E-state index is -0.313. The van der Waals surface area contributed by atoms with Crippen LogP contribution in [0.3, 0.4) is 0 Å². The number of carbonyl (C=O) groups is 1. The molecule has 116 valence electrons. The lowest BCUT2D eigenvalue weighted by molar-refractivity contribution is -0.124. The normalized spacial score (nSPS) is 15.8. The fraction of sp³-hybridized carbons (Fsp3) is 0.438. The summed E-state index contributed by atoms with van der Waals surface area (Å²) in [5, 5.41) is 7.01. The highest BCUT2D eigenvalue weighted by molar-refractivity contribution is 5.79. The molecule has 1 aliphatic rings. The maximum atomic E-state index is 12.1. The summed E-state index contributed by atoms with van der Waals surface area (Å²) in [5.74, 6) is 0.977. The Balaban J connectivity index is 1.53. The molecule has 22 heavy (non-hydrogen) atoms. The van der Waals surface area contributed by atoms with Crippen molar-refractivity contribution in [1.82, 2.24) is 20.1 Å². The number of pyridine rings is 1. The number of hydrogen-bond acceptors (Lipinski definition) is 4. The topological polar surface area (TPSA) is 63.1 Å². The van der Waals surface area contributed by atoms with E-state index in [1.54, 1.807) is 17.1 Å². The van der Waals surface area contributed by atoms with Gasteiger partial charge in [-0.25, -0.2) is 4.98 Å². The predicted molar refractivity (Wildman–Crippen MR) is 84.5 cm³/mol. The standard InChI is InChI=1S/C16H21N5O/c1-13(21-10-4-7-19-21)16(22)18-12-14-5-6-15(17-11-14)20-8-2-3-9-20/h4-7,10-11,13H,2-3,8-9,12H2,1H3,(H,18,22). The molecule has 1 atom stereocenters. The molecule has 1 N–H and O–H groups in total. The van der Waals surface area contributed by atoms with Crippen LogP contribution < -0.4 is 10.2 Å². The molecular formula is C16H21N5O. The molecule has 0 bridgehead atoms. The predicted octanol–water partition coefficient (Wildman–Crippen LogP) is 1.76. The van der Waals surface area contributed by atoms with Crippen LogP contribution in [0.15, 0.2) is 36.8 Å². The molecule has 0 spiro atoms. The van der Waals surface area contributed by atoms with Crippen LogP contribution in [-0.2, 0) is 11.3 Å². The molecule has 1 unspecified atom stereocenters. The molecule has 3 rings (SSSR count). The molecule has 3 heterocycles. The maximum Gasteiger partial charge on any atom is 0.244 e. The summed E-state index contributed by atoms with van der Waals surface area (Å²) in [4.78, 5) is 18.9. The summed E-state index contributed by atoms with van der Waals surface area (Å²) in [6.07, 6.45) is 7.78. The summed E-state index contributed by atoms with van der Waals surface area (Å²) in [6, 6.07) is 5.56. The second kappa shape index (κ2) is 6.60. The second-order valence-corrected chi connectivity index (χ2v) is 5.60. The van der Waals surface area contributed by atoms with Gasteiger partial charge in [-0.15, -0.1) is 0 Å². The van der Waals surface area contributed by atoms with Gasteiger partial charge in [0.25, 0.3) is 0 Å². The van der Waals surface area contributed by atoms with Gasteiger partial charge in [-0.05, 0) is 37.5 Å². The third-order valence-electron chi connectivity index (χ3n) is 4.01. The van der Waals surface area contributed by atoms with Crippen molar-refractivity contribution in [3.63, 3.8) is 0 Å². The number of nitrogens with one attached hydrogen (secondary N) is 1. The van der Waals surface area contributed by atoms with Gasteiger partial charge in [0.15, 0.2) is 0 Å². The second-order valence-electron chi connectivity index (χ2n) is 5.60. The Bertz CT molecular complexity index is 602. The Morgan fingerprint density at radius 2 is 2.18 bits per heavy atom. The van der Waals surface area contributed by atoms with Gasteiger partial charge < -0.3 is 10.2 Å². The molecule has 6 heteroatoms. The number of amides is 1. The SMILES string of the molecule is CC(C(=O)NCc1ccc(N2CCCC2)nc1)n1cccn1. The molecule has 0 aromatic carbocycles. The lowest BCUT2D eigenvalue weighted by Gasteiger charge is -2.16. The number of nitrogens with zero attached hydrogens (tertiary/aromatic N) is 4. The zero-order valence-corrected chi connectivity index (χ0v) is 12.8. The molecule has 0 saturated carbocycles. The molecule has 1 saturated heterocycles. The van der Waals surface area contributed by atoms with Crippen LogP contribution in [0.25, 0.3) is 0 Å². The van der Waals surface area contributed by atoms with Crippen molar-refractivity contribution in [2.45, 2.75) is 32.4 Å². The van der Waals surface area contributed by atoms with E-state index in [9.17, 15) is 4.79 Å². The summed E-state index contributed by atoms with van der Waals surface area (Å²) in [7, 11) is 0. The van der Waals surface area contributed by atoms with E-state index >= 15 is 0 Å². The van der Waals surface area contributed by atoms with Crippen LogP contribution in [0.4, 0.5) is 5.82 Å². The molecule has 2 aromatic rings. The van der Waals surface area contributed by atoms with Crippen LogP contribution in [-0.4, -0.2) is 33.8 Å².